The Kier molecular flexibility index (Phi) is 4.85. The van der Waals surface area contributed by atoms with Gasteiger partial charge in [0.25, 0.3) is 0 Å². The van der Waals surface area contributed by atoms with Crippen LogP contribution in [0, 0.1) is 5.41 Å². The number of carbonyl (C=O) groups excluding carboxylic acids is 1. The zero-order chi connectivity index (χ0) is 13.9. The van der Waals surface area contributed by atoms with E-state index < -0.39 is 0 Å². The highest BCUT2D eigenvalue weighted by molar-refractivity contribution is 5.78. The largest absolute Gasteiger partial charge is 0.342 e. The fraction of sp³-hybridized carbons (Fsp3) is 0.933. The lowest BCUT2D eigenvalue weighted by atomic mass is 9.96. The standard InChI is InChI=1S/C15H29N3O/c1-15(2,3)13-17-10-8-16(9-11-17)12-14(19)18-6-4-5-7-18/h4-13H2,1-3H3. The van der Waals surface area contributed by atoms with Gasteiger partial charge in [-0.25, -0.2) is 0 Å². The van der Waals surface area contributed by atoms with Crippen molar-refractivity contribution in [3.63, 3.8) is 0 Å². The van der Waals surface area contributed by atoms with Crippen LogP contribution in [-0.2, 0) is 4.79 Å². The predicted molar refractivity (Wildman–Crippen MR) is 78.1 cm³/mol. The summed E-state index contributed by atoms with van der Waals surface area (Å²) in [7, 11) is 0. The quantitative estimate of drug-likeness (QED) is 0.770. The molecule has 4 nitrogen and oxygen atoms in total. The van der Waals surface area contributed by atoms with Gasteiger partial charge in [-0.2, -0.15) is 0 Å². The van der Waals surface area contributed by atoms with E-state index in [-0.39, 0.29) is 0 Å². The van der Waals surface area contributed by atoms with Crippen molar-refractivity contribution in [2.45, 2.75) is 33.6 Å². The number of piperazine rings is 1. The SMILES string of the molecule is CC(C)(C)CN1CCN(CC(=O)N2CCCC2)CC1. The van der Waals surface area contributed by atoms with Crippen LogP contribution in [0.2, 0.25) is 0 Å². The van der Waals surface area contributed by atoms with Crippen molar-refractivity contribution in [3.8, 4) is 0 Å². The number of hydrogen-bond donors (Lipinski definition) is 0. The average Bonchev–Trinajstić information content (AvgIpc) is 2.83. The minimum atomic E-state index is 0.335. The Morgan fingerprint density at radius 2 is 1.42 bits per heavy atom. The molecule has 0 atom stereocenters. The van der Waals surface area contributed by atoms with Crippen molar-refractivity contribution in [2.24, 2.45) is 5.41 Å². The molecule has 2 aliphatic rings. The monoisotopic (exact) mass is 267 g/mol. The van der Waals surface area contributed by atoms with Crippen LogP contribution in [-0.4, -0.2) is 73.0 Å². The lowest BCUT2D eigenvalue weighted by Gasteiger charge is -2.37. The third kappa shape index (κ3) is 4.77. The van der Waals surface area contributed by atoms with Crippen molar-refractivity contribution in [1.29, 1.82) is 0 Å². The van der Waals surface area contributed by atoms with Gasteiger partial charge in [-0.15, -0.1) is 0 Å². The van der Waals surface area contributed by atoms with Gasteiger partial charge in [0.1, 0.15) is 0 Å². The van der Waals surface area contributed by atoms with E-state index >= 15 is 0 Å². The Balaban J connectivity index is 1.69. The minimum Gasteiger partial charge on any atom is -0.342 e. The Bertz CT molecular complexity index is 297. The van der Waals surface area contributed by atoms with Gasteiger partial charge in [-0.3, -0.25) is 9.69 Å². The predicted octanol–water partition coefficient (Wildman–Crippen LogP) is 1.27. The summed E-state index contributed by atoms with van der Waals surface area (Å²) in [6, 6.07) is 0. The number of likely N-dealkylation sites (tertiary alicyclic amines) is 1. The van der Waals surface area contributed by atoms with Gasteiger partial charge in [0.05, 0.1) is 6.54 Å². The lowest BCUT2D eigenvalue weighted by Crippen LogP contribution is -2.51. The Hall–Kier alpha value is -0.610. The third-order valence-corrected chi connectivity index (χ3v) is 3.98. The molecule has 2 rings (SSSR count). The molecule has 0 bridgehead atoms. The van der Waals surface area contributed by atoms with Gasteiger partial charge in [-0.1, -0.05) is 20.8 Å². The van der Waals surface area contributed by atoms with Crippen molar-refractivity contribution in [3.05, 3.63) is 0 Å². The molecule has 0 aromatic rings. The molecular formula is C15H29N3O. The lowest BCUT2D eigenvalue weighted by molar-refractivity contribution is -0.131. The van der Waals surface area contributed by atoms with Gasteiger partial charge >= 0.3 is 0 Å². The summed E-state index contributed by atoms with van der Waals surface area (Å²) in [6.45, 7) is 14.9. The van der Waals surface area contributed by atoms with E-state index in [1.165, 1.54) is 12.8 Å². The molecule has 0 saturated carbocycles. The molecule has 2 saturated heterocycles. The first kappa shape index (κ1) is 14.8. The average molecular weight is 267 g/mol. The van der Waals surface area contributed by atoms with E-state index in [4.69, 9.17) is 0 Å². The van der Waals surface area contributed by atoms with Gasteiger partial charge in [0, 0.05) is 45.8 Å². The summed E-state index contributed by atoms with van der Waals surface area (Å²) in [5.74, 6) is 0.335. The van der Waals surface area contributed by atoms with Crippen LogP contribution in [0.1, 0.15) is 33.6 Å². The van der Waals surface area contributed by atoms with Crippen molar-refractivity contribution in [1.82, 2.24) is 14.7 Å². The summed E-state index contributed by atoms with van der Waals surface area (Å²) in [5, 5.41) is 0. The van der Waals surface area contributed by atoms with Crippen LogP contribution in [0.15, 0.2) is 0 Å². The van der Waals surface area contributed by atoms with E-state index in [0.29, 0.717) is 17.9 Å². The highest BCUT2D eigenvalue weighted by Gasteiger charge is 2.25. The second-order valence-corrected chi connectivity index (χ2v) is 7.20. The minimum absolute atomic E-state index is 0.335. The van der Waals surface area contributed by atoms with Crippen LogP contribution < -0.4 is 0 Å². The van der Waals surface area contributed by atoms with Gasteiger partial charge in [-0.05, 0) is 18.3 Å². The van der Waals surface area contributed by atoms with Crippen LogP contribution in [0.25, 0.3) is 0 Å². The molecule has 0 aromatic heterocycles. The molecule has 1 amide bonds. The van der Waals surface area contributed by atoms with E-state index in [2.05, 4.69) is 30.6 Å². The first-order valence-electron chi connectivity index (χ1n) is 7.66. The molecule has 110 valence electrons. The summed E-state index contributed by atoms with van der Waals surface area (Å²) >= 11 is 0. The topological polar surface area (TPSA) is 26.8 Å². The molecule has 0 aliphatic carbocycles. The zero-order valence-electron chi connectivity index (χ0n) is 12.8. The van der Waals surface area contributed by atoms with Crippen molar-refractivity contribution < 1.29 is 4.79 Å². The first-order chi connectivity index (χ1) is 8.94. The van der Waals surface area contributed by atoms with E-state index in [1.54, 1.807) is 0 Å². The number of nitrogens with zero attached hydrogens (tertiary/aromatic N) is 3. The smallest absolute Gasteiger partial charge is 0.236 e. The zero-order valence-corrected chi connectivity index (χ0v) is 12.8. The van der Waals surface area contributed by atoms with E-state index in [9.17, 15) is 4.79 Å². The fourth-order valence-corrected chi connectivity index (χ4v) is 3.03. The molecule has 0 N–H and O–H groups in total. The molecule has 2 fully saturated rings. The maximum absolute atomic E-state index is 12.1. The number of rotatable bonds is 3. The summed E-state index contributed by atoms with van der Waals surface area (Å²) < 4.78 is 0. The van der Waals surface area contributed by atoms with Crippen LogP contribution in [0.3, 0.4) is 0 Å². The highest BCUT2D eigenvalue weighted by atomic mass is 16.2. The molecule has 0 radical (unpaired) electrons. The fourth-order valence-electron chi connectivity index (χ4n) is 3.03. The van der Waals surface area contributed by atoms with Gasteiger partial charge in [0.2, 0.25) is 5.91 Å². The van der Waals surface area contributed by atoms with Crippen molar-refractivity contribution in [2.75, 3.05) is 52.4 Å². The first-order valence-corrected chi connectivity index (χ1v) is 7.66. The highest BCUT2D eigenvalue weighted by Crippen LogP contribution is 2.16. The third-order valence-electron chi connectivity index (χ3n) is 3.98. The normalized spacial score (nSPS) is 23.0. The maximum atomic E-state index is 12.1. The van der Waals surface area contributed by atoms with Crippen LogP contribution in [0.5, 0.6) is 0 Å². The summed E-state index contributed by atoms with van der Waals surface area (Å²) in [4.78, 5) is 19.0. The second-order valence-electron chi connectivity index (χ2n) is 7.20. The summed E-state index contributed by atoms with van der Waals surface area (Å²) in [6.07, 6.45) is 2.37. The Morgan fingerprint density at radius 3 is 1.95 bits per heavy atom. The Labute approximate surface area is 117 Å². The van der Waals surface area contributed by atoms with Crippen LogP contribution >= 0.6 is 0 Å². The molecule has 0 unspecified atom stereocenters. The molecule has 2 heterocycles. The maximum Gasteiger partial charge on any atom is 0.236 e. The number of hydrogen-bond acceptors (Lipinski definition) is 3. The van der Waals surface area contributed by atoms with Crippen LogP contribution in [0.4, 0.5) is 0 Å². The Morgan fingerprint density at radius 1 is 0.895 bits per heavy atom. The number of carbonyl (C=O) groups is 1. The van der Waals surface area contributed by atoms with E-state index in [0.717, 1.165) is 45.8 Å². The molecule has 19 heavy (non-hydrogen) atoms. The van der Waals surface area contributed by atoms with Gasteiger partial charge in [0.15, 0.2) is 0 Å². The molecular weight excluding hydrogens is 238 g/mol. The molecule has 0 aromatic carbocycles. The van der Waals surface area contributed by atoms with Crippen molar-refractivity contribution >= 4 is 5.91 Å². The van der Waals surface area contributed by atoms with E-state index in [1.807, 2.05) is 4.90 Å². The second kappa shape index (κ2) is 6.23. The summed E-state index contributed by atoms with van der Waals surface area (Å²) in [5.41, 5.74) is 0.369. The van der Waals surface area contributed by atoms with Gasteiger partial charge < -0.3 is 9.80 Å². The number of amides is 1. The molecule has 4 heteroatoms. The molecule has 0 spiro atoms. The molecule has 2 aliphatic heterocycles.